The maximum Gasteiger partial charge on any atom is 0.129 e. The molecule has 0 heterocycles. The summed E-state index contributed by atoms with van der Waals surface area (Å²) in [6.07, 6.45) is 0.242. The van der Waals surface area contributed by atoms with Crippen molar-refractivity contribution in [2.45, 2.75) is 6.42 Å². The van der Waals surface area contributed by atoms with Crippen molar-refractivity contribution < 1.29 is 8.78 Å². The molecule has 0 aromatic heterocycles. The smallest absolute Gasteiger partial charge is 0.129 e. The van der Waals surface area contributed by atoms with E-state index in [0.717, 1.165) is 6.07 Å². The minimum Gasteiger partial charge on any atom is -0.402 e. The van der Waals surface area contributed by atoms with Gasteiger partial charge in [0.2, 0.25) is 0 Å². The molecule has 0 aliphatic heterocycles. The van der Waals surface area contributed by atoms with Crippen LogP contribution < -0.4 is 5.73 Å². The summed E-state index contributed by atoms with van der Waals surface area (Å²) in [6, 6.07) is 3.39. The number of hydrogen-bond donors (Lipinski definition) is 1. The molecule has 2 N–H and O–H groups in total. The Labute approximate surface area is 69.5 Å². The molecule has 3 heteroatoms. The van der Waals surface area contributed by atoms with Crippen molar-refractivity contribution in [2.75, 3.05) is 0 Å². The van der Waals surface area contributed by atoms with Crippen LogP contribution in [0.15, 0.2) is 30.5 Å². The van der Waals surface area contributed by atoms with Crippen LogP contribution in [0.25, 0.3) is 0 Å². The van der Waals surface area contributed by atoms with Crippen molar-refractivity contribution in [3.05, 3.63) is 47.7 Å². The van der Waals surface area contributed by atoms with Crippen LogP contribution in [0.2, 0.25) is 0 Å². The summed E-state index contributed by atoms with van der Waals surface area (Å²) >= 11 is 0. The van der Waals surface area contributed by atoms with E-state index in [1.165, 1.54) is 12.1 Å². The number of allylic oxidation sites excluding steroid dienone is 1. The molecule has 0 spiro atoms. The molecule has 0 aliphatic rings. The standard InChI is InChI=1S/C9H9F2N/c1-6(12)4-7-2-3-8(10)5-9(7)11/h2-3,5H,1,4,12H2. The van der Waals surface area contributed by atoms with Gasteiger partial charge in [0.25, 0.3) is 0 Å². The fraction of sp³-hybridized carbons (Fsp3) is 0.111. The lowest BCUT2D eigenvalue weighted by Gasteiger charge is -2.01. The van der Waals surface area contributed by atoms with Crippen LogP contribution in [0.4, 0.5) is 8.78 Å². The van der Waals surface area contributed by atoms with Gasteiger partial charge in [-0.3, -0.25) is 0 Å². The predicted octanol–water partition coefficient (Wildman–Crippen LogP) is 1.98. The van der Waals surface area contributed by atoms with Gasteiger partial charge >= 0.3 is 0 Å². The van der Waals surface area contributed by atoms with Crippen LogP contribution in [0, 0.1) is 11.6 Å². The van der Waals surface area contributed by atoms with Crippen LogP contribution in [0.5, 0.6) is 0 Å². The SMILES string of the molecule is C=C(N)Cc1ccc(F)cc1F. The molecule has 0 amide bonds. The maximum absolute atomic E-state index is 12.9. The third kappa shape index (κ3) is 2.05. The van der Waals surface area contributed by atoms with Gasteiger partial charge in [-0.05, 0) is 11.6 Å². The Kier molecular flexibility index (Phi) is 2.43. The lowest BCUT2D eigenvalue weighted by Crippen LogP contribution is -2.01. The van der Waals surface area contributed by atoms with Gasteiger partial charge in [-0.2, -0.15) is 0 Å². The van der Waals surface area contributed by atoms with E-state index in [9.17, 15) is 8.78 Å². The molecule has 1 nitrogen and oxygen atoms in total. The highest BCUT2D eigenvalue weighted by atomic mass is 19.1. The lowest BCUT2D eigenvalue weighted by atomic mass is 10.1. The fourth-order valence-electron chi connectivity index (χ4n) is 0.910. The molecule has 1 aromatic carbocycles. The normalized spacial score (nSPS) is 9.83. The minimum absolute atomic E-state index is 0.242. The van der Waals surface area contributed by atoms with Crippen LogP contribution in [-0.2, 0) is 6.42 Å². The van der Waals surface area contributed by atoms with Gasteiger partial charge in [0, 0.05) is 18.2 Å². The first-order valence-corrected chi connectivity index (χ1v) is 3.47. The van der Waals surface area contributed by atoms with E-state index in [2.05, 4.69) is 6.58 Å². The molecule has 1 rings (SSSR count). The van der Waals surface area contributed by atoms with E-state index < -0.39 is 11.6 Å². The Bertz CT molecular complexity index is 307. The van der Waals surface area contributed by atoms with Crippen molar-refractivity contribution in [3.63, 3.8) is 0 Å². The summed E-state index contributed by atoms with van der Waals surface area (Å²) in [5.74, 6) is -1.17. The molecule has 64 valence electrons. The molecule has 0 aliphatic carbocycles. The lowest BCUT2D eigenvalue weighted by molar-refractivity contribution is 0.574. The van der Waals surface area contributed by atoms with Crippen molar-refractivity contribution in [1.29, 1.82) is 0 Å². The zero-order valence-electron chi connectivity index (χ0n) is 6.48. The summed E-state index contributed by atoms with van der Waals surface area (Å²) in [5, 5.41) is 0. The van der Waals surface area contributed by atoms with Crippen LogP contribution in [-0.4, -0.2) is 0 Å². The number of benzene rings is 1. The number of rotatable bonds is 2. The van der Waals surface area contributed by atoms with Gasteiger partial charge in [-0.1, -0.05) is 12.6 Å². The van der Waals surface area contributed by atoms with Gasteiger partial charge in [0.15, 0.2) is 0 Å². The Morgan fingerprint density at radius 2 is 2.08 bits per heavy atom. The number of halogens is 2. The molecule has 0 radical (unpaired) electrons. The molecule has 0 atom stereocenters. The highest BCUT2D eigenvalue weighted by Crippen LogP contribution is 2.11. The molecule has 12 heavy (non-hydrogen) atoms. The summed E-state index contributed by atoms with van der Waals surface area (Å²) in [6.45, 7) is 3.43. The highest BCUT2D eigenvalue weighted by molar-refractivity contribution is 5.22. The molecule has 0 saturated heterocycles. The molecule has 0 fully saturated rings. The Balaban J connectivity index is 2.93. The Hall–Kier alpha value is -1.38. The van der Waals surface area contributed by atoms with Gasteiger partial charge in [0.05, 0.1) is 0 Å². The van der Waals surface area contributed by atoms with E-state index in [1.807, 2.05) is 0 Å². The van der Waals surface area contributed by atoms with Crippen molar-refractivity contribution in [1.82, 2.24) is 0 Å². The van der Waals surface area contributed by atoms with E-state index in [1.54, 1.807) is 0 Å². The first kappa shape index (κ1) is 8.71. The maximum atomic E-state index is 12.9. The van der Waals surface area contributed by atoms with Gasteiger partial charge in [0.1, 0.15) is 11.6 Å². The molecule has 1 aromatic rings. The van der Waals surface area contributed by atoms with E-state index in [-0.39, 0.29) is 6.42 Å². The fourth-order valence-corrected chi connectivity index (χ4v) is 0.910. The van der Waals surface area contributed by atoms with Gasteiger partial charge < -0.3 is 5.73 Å². The number of nitrogens with two attached hydrogens (primary N) is 1. The third-order valence-corrected chi connectivity index (χ3v) is 1.43. The minimum atomic E-state index is -0.584. The van der Waals surface area contributed by atoms with E-state index >= 15 is 0 Å². The van der Waals surface area contributed by atoms with Crippen molar-refractivity contribution in [2.24, 2.45) is 5.73 Å². The Morgan fingerprint density at radius 3 is 2.58 bits per heavy atom. The zero-order valence-corrected chi connectivity index (χ0v) is 6.48. The molecule has 0 saturated carbocycles. The molecule has 0 bridgehead atoms. The van der Waals surface area contributed by atoms with Crippen LogP contribution >= 0.6 is 0 Å². The van der Waals surface area contributed by atoms with Gasteiger partial charge in [-0.15, -0.1) is 0 Å². The summed E-state index contributed by atoms with van der Waals surface area (Å²) < 4.78 is 25.3. The molecular weight excluding hydrogens is 160 g/mol. The summed E-state index contributed by atoms with van der Waals surface area (Å²) in [7, 11) is 0. The van der Waals surface area contributed by atoms with Crippen molar-refractivity contribution >= 4 is 0 Å². The summed E-state index contributed by atoms with van der Waals surface area (Å²) in [5.41, 5.74) is 6.00. The second kappa shape index (κ2) is 3.34. The van der Waals surface area contributed by atoms with Crippen LogP contribution in [0.3, 0.4) is 0 Å². The van der Waals surface area contributed by atoms with Gasteiger partial charge in [-0.25, -0.2) is 8.78 Å². The number of hydrogen-bond acceptors (Lipinski definition) is 1. The van der Waals surface area contributed by atoms with E-state index in [4.69, 9.17) is 5.73 Å². The molecule has 0 unspecified atom stereocenters. The first-order chi connectivity index (χ1) is 5.59. The quantitative estimate of drug-likeness (QED) is 0.719. The second-order valence-corrected chi connectivity index (χ2v) is 2.57. The molecular formula is C9H9F2N. The zero-order chi connectivity index (χ0) is 9.14. The Morgan fingerprint density at radius 1 is 1.42 bits per heavy atom. The van der Waals surface area contributed by atoms with E-state index in [0.29, 0.717) is 11.3 Å². The average molecular weight is 169 g/mol. The van der Waals surface area contributed by atoms with Crippen LogP contribution in [0.1, 0.15) is 5.56 Å². The third-order valence-electron chi connectivity index (χ3n) is 1.43. The largest absolute Gasteiger partial charge is 0.402 e. The second-order valence-electron chi connectivity index (χ2n) is 2.57. The predicted molar refractivity (Wildman–Crippen MR) is 43.4 cm³/mol. The monoisotopic (exact) mass is 169 g/mol. The average Bonchev–Trinajstić information content (AvgIpc) is 1.94. The topological polar surface area (TPSA) is 26.0 Å². The van der Waals surface area contributed by atoms with Crippen molar-refractivity contribution in [3.8, 4) is 0 Å². The summed E-state index contributed by atoms with van der Waals surface area (Å²) in [4.78, 5) is 0. The highest BCUT2D eigenvalue weighted by Gasteiger charge is 2.03. The first-order valence-electron chi connectivity index (χ1n) is 3.47.